The van der Waals surface area contributed by atoms with Gasteiger partial charge in [-0.15, -0.1) is 11.8 Å². The van der Waals surface area contributed by atoms with Crippen LogP contribution in [0.25, 0.3) is 11.0 Å². The summed E-state index contributed by atoms with van der Waals surface area (Å²) in [4.78, 5) is 13.0. The summed E-state index contributed by atoms with van der Waals surface area (Å²) in [6, 6.07) is 10.9. The quantitative estimate of drug-likeness (QED) is 0.692. The first-order chi connectivity index (χ1) is 10.3. The number of nitrogens with one attached hydrogen (secondary N) is 2. The van der Waals surface area contributed by atoms with Gasteiger partial charge in [0, 0.05) is 17.1 Å². The Bertz CT molecular complexity index is 720. The maximum atomic E-state index is 4.35. The molecule has 0 aliphatic carbocycles. The summed E-state index contributed by atoms with van der Waals surface area (Å²) in [6.45, 7) is 4.31. The SMILES string of the molecule is CCSc1ccc(C(C)Nc2ncnc3[nH]ccc23)cc1. The molecule has 0 saturated carbocycles. The van der Waals surface area contributed by atoms with Gasteiger partial charge in [0.1, 0.15) is 17.8 Å². The van der Waals surface area contributed by atoms with E-state index in [2.05, 4.69) is 58.4 Å². The van der Waals surface area contributed by atoms with Crippen molar-refractivity contribution < 1.29 is 0 Å². The lowest BCUT2D eigenvalue weighted by atomic mass is 10.1. The van der Waals surface area contributed by atoms with Gasteiger partial charge >= 0.3 is 0 Å². The number of anilines is 1. The van der Waals surface area contributed by atoms with Crippen molar-refractivity contribution in [2.45, 2.75) is 24.8 Å². The standard InChI is InChI=1S/C16H18N4S/c1-3-21-13-6-4-12(5-7-13)11(2)20-16-14-8-9-17-15(14)18-10-19-16/h4-11H,3H2,1-2H3,(H2,17,18,19,20). The first kappa shape index (κ1) is 13.9. The molecular weight excluding hydrogens is 280 g/mol. The maximum absolute atomic E-state index is 4.35. The van der Waals surface area contributed by atoms with Gasteiger partial charge in [0.05, 0.1) is 5.39 Å². The molecule has 1 atom stereocenters. The first-order valence-corrected chi connectivity index (χ1v) is 8.04. The van der Waals surface area contributed by atoms with E-state index in [-0.39, 0.29) is 6.04 Å². The second-order valence-corrected chi connectivity index (χ2v) is 6.17. The summed E-state index contributed by atoms with van der Waals surface area (Å²) >= 11 is 1.86. The van der Waals surface area contributed by atoms with Gasteiger partial charge in [-0.05, 0) is 36.4 Å². The van der Waals surface area contributed by atoms with Crippen LogP contribution in [0.3, 0.4) is 0 Å². The van der Waals surface area contributed by atoms with Crippen LogP contribution in [-0.4, -0.2) is 20.7 Å². The highest BCUT2D eigenvalue weighted by Gasteiger charge is 2.09. The first-order valence-electron chi connectivity index (χ1n) is 7.05. The van der Waals surface area contributed by atoms with Crippen molar-refractivity contribution in [1.29, 1.82) is 0 Å². The Labute approximate surface area is 128 Å². The zero-order valence-corrected chi connectivity index (χ0v) is 12.9. The number of rotatable bonds is 5. The molecule has 3 rings (SSSR count). The molecule has 2 heterocycles. The molecule has 4 nitrogen and oxygen atoms in total. The van der Waals surface area contributed by atoms with Crippen molar-refractivity contribution in [2.24, 2.45) is 0 Å². The van der Waals surface area contributed by atoms with Gasteiger partial charge in [-0.1, -0.05) is 19.1 Å². The molecule has 0 amide bonds. The third-order valence-electron chi connectivity index (χ3n) is 3.40. The van der Waals surface area contributed by atoms with Crippen molar-refractivity contribution >= 4 is 28.6 Å². The molecule has 0 radical (unpaired) electrons. The lowest BCUT2D eigenvalue weighted by Gasteiger charge is -2.15. The molecule has 3 aromatic rings. The Kier molecular flexibility index (Phi) is 4.10. The zero-order chi connectivity index (χ0) is 14.7. The van der Waals surface area contributed by atoms with E-state index in [9.17, 15) is 0 Å². The molecule has 0 bridgehead atoms. The Morgan fingerprint density at radius 2 is 2.00 bits per heavy atom. The van der Waals surface area contributed by atoms with E-state index in [0.29, 0.717) is 0 Å². The van der Waals surface area contributed by atoms with Gasteiger partial charge in [-0.2, -0.15) is 0 Å². The van der Waals surface area contributed by atoms with Crippen molar-refractivity contribution in [1.82, 2.24) is 15.0 Å². The van der Waals surface area contributed by atoms with E-state index in [4.69, 9.17) is 0 Å². The number of hydrogen-bond donors (Lipinski definition) is 2. The molecular formula is C16H18N4S. The highest BCUT2D eigenvalue weighted by molar-refractivity contribution is 7.99. The minimum absolute atomic E-state index is 0.193. The topological polar surface area (TPSA) is 53.6 Å². The summed E-state index contributed by atoms with van der Waals surface area (Å²) in [5.41, 5.74) is 2.10. The second kappa shape index (κ2) is 6.18. The molecule has 0 fully saturated rings. The fourth-order valence-corrected chi connectivity index (χ4v) is 2.96. The fourth-order valence-electron chi connectivity index (χ4n) is 2.30. The highest BCUT2D eigenvalue weighted by Crippen LogP contribution is 2.25. The van der Waals surface area contributed by atoms with E-state index in [1.165, 1.54) is 10.5 Å². The molecule has 2 N–H and O–H groups in total. The van der Waals surface area contributed by atoms with Gasteiger partial charge in [0.25, 0.3) is 0 Å². The normalized spacial score (nSPS) is 12.5. The molecule has 2 aromatic heterocycles. The monoisotopic (exact) mass is 298 g/mol. The minimum Gasteiger partial charge on any atom is -0.363 e. The van der Waals surface area contributed by atoms with Gasteiger partial charge in [-0.25, -0.2) is 9.97 Å². The second-order valence-electron chi connectivity index (χ2n) is 4.83. The van der Waals surface area contributed by atoms with Gasteiger partial charge in [-0.3, -0.25) is 0 Å². The lowest BCUT2D eigenvalue weighted by molar-refractivity contribution is 0.874. The van der Waals surface area contributed by atoms with Gasteiger partial charge < -0.3 is 10.3 Å². The van der Waals surface area contributed by atoms with Crippen LogP contribution in [0.4, 0.5) is 5.82 Å². The molecule has 108 valence electrons. The smallest absolute Gasteiger partial charge is 0.142 e. The molecule has 0 aliphatic rings. The molecule has 1 aromatic carbocycles. The number of aromatic nitrogens is 3. The van der Waals surface area contributed by atoms with Crippen LogP contribution >= 0.6 is 11.8 Å². The van der Waals surface area contributed by atoms with E-state index in [0.717, 1.165) is 22.6 Å². The van der Waals surface area contributed by atoms with Crippen LogP contribution in [0.5, 0.6) is 0 Å². The number of fused-ring (bicyclic) bond motifs is 1. The van der Waals surface area contributed by atoms with Crippen LogP contribution in [0, 0.1) is 0 Å². The molecule has 0 saturated heterocycles. The van der Waals surface area contributed by atoms with Crippen LogP contribution in [0.15, 0.2) is 47.8 Å². The molecule has 1 unspecified atom stereocenters. The summed E-state index contributed by atoms with van der Waals surface area (Å²) in [7, 11) is 0. The number of hydrogen-bond acceptors (Lipinski definition) is 4. The zero-order valence-electron chi connectivity index (χ0n) is 12.1. The number of H-pyrrole nitrogens is 1. The Morgan fingerprint density at radius 1 is 1.19 bits per heavy atom. The number of benzene rings is 1. The van der Waals surface area contributed by atoms with Crippen LogP contribution in [0.1, 0.15) is 25.5 Å². The van der Waals surface area contributed by atoms with E-state index in [1.54, 1.807) is 6.33 Å². The van der Waals surface area contributed by atoms with Gasteiger partial charge in [0.2, 0.25) is 0 Å². The largest absolute Gasteiger partial charge is 0.363 e. The number of aromatic amines is 1. The third kappa shape index (κ3) is 3.03. The lowest BCUT2D eigenvalue weighted by Crippen LogP contribution is -2.08. The molecule has 21 heavy (non-hydrogen) atoms. The van der Waals surface area contributed by atoms with Crippen LogP contribution in [-0.2, 0) is 0 Å². The van der Waals surface area contributed by atoms with Crippen molar-refractivity contribution in [3.8, 4) is 0 Å². The molecule has 0 spiro atoms. The average Bonchev–Trinajstić information content (AvgIpc) is 2.98. The van der Waals surface area contributed by atoms with E-state index >= 15 is 0 Å². The van der Waals surface area contributed by atoms with E-state index < -0.39 is 0 Å². The Morgan fingerprint density at radius 3 is 2.76 bits per heavy atom. The van der Waals surface area contributed by atoms with E-state index in [1.807, 2.05) is 24.0 Å². The number of thioether (sulfide) groups is 1. The molecule has 5 heteroatoms. The summed E-state index contributed by atoms with van der Waals surface area (Å²) in [5, 5.41) is 4.48. The van der Waals surface area contributed by atoms with Crippen LogP contribution < -0.4 is 5.32 Å². The summed E-state index contributed by atoms with van der Waals surface area (Å²) < 4.78 is 0. The Balaban J connectivity index is 1.79. The predicted molar refractivity (Wildman–Crippen MR) is 88.8 cm³/mol. The van der Waals surface area contributed by atoms with Crippen molar-refractivity contribution in [2.75, 3.05) is 11.1 Å². The fraction of sp³-hybridized carbons (Fsp3) is 0.250. The predicted octanol–water partition coefficient (Wildman–Crippen LogP) is 4.24. The third-order valence-corrected chi connectivity index (χ3v) is 4.29. The van der Waals surface area contributed by atoms with Gasteiger partial charge in [0.15, 0.2) is 0 Å². The maximum Gasteiger partial charge on any atom is 0.142 e. The van der Waals surface area contributed by atoms with Crippen molar-refractivity contribution in [3.63, 3.8) is 0 Å². The minimum atomic E-state index is 0.193. The average molecular weight is 298 g/mol. The van der Waals surface area contributed by atoms with Crippen LogP contribution in [0.2, 0.25) is 0 Å². The van der Waals surface area contributed by atoms with Crippen molar-refractivity contribution in [3.05, 3.63) is 48.4 Å². The summed E-state index contributed by atoms with van der Waals surface area (Å²) in [5.74, 6) is 1.96. The molecule has 0 aliphatic heterocycles. The number of nitrogens with zero attached hydrogens (tertiary/aromatic N) is 2. The summed E-state index contributed by atoms with van der Waals surface area (Å²) in [6.07, 6.45) is 3.46. The highest BCUT2D eigenvalue weighted by atomic mass is 32.2. The Hall–Kier alpha value is -2.01.